The van der Waals surface area contributed by atoms with Gasteiger partial charge in [-0.15, -0.1) is 0 Å². The van der Waals surface area contributed by atoms with Crippen LogP contribution < -0.4 is 24.8 Å². The molecule has 0 fully saturated rings. The molecule has 278 valence electrons. The Balaban J connectivity index is 0.00000188. The van der Waals surface area contributed by atoms with Crippen LogP contribution in [0.2, 0.25) is 0 Å². The normalized spacial score (nSPS) is 17.8. The monoisotopic (exact) mass is 707 g/mol. The zero-order valence-corrected chi connectivity index (χ0v) is 30.6. The topological polar surface area (TPSA) is 155 Å². The minimum atomic E-state index is -0.475. The maximum absolute atomic E-state index is 12.7. The number of rotatable bonds is 15. The first kappa shape index (κ1) is 39.0. The molecule has 1 aromatic heterocycles. The number of carbonyl (C=O) groups is 3. The summed E-state index contributed by atoms with van der Waals surface area (Å²) in [6, 6.07) is 9.69. The van der Waals surface area contributed by atoms with Crippen LogP contribution in [0.15, 0.2) is 48.7 Å². The lowest BCUT2D eigenvalue weighted by Gasteiger charge is -2.26. The van der Waals surface area contributed by atoms with E-state index in [1.54, 1.807) is 7.11 Å². The molecule has 1 aliphatic carbocycles. The average Bonchev–Trinajstić information content (AvgIpc) is 3.70. The van der Waals surface area contributed by atoms with Crippen molar-refractivity contribution in [3.05, 3.63) is 65.4 Å². The van der Waals surface area contributed by atoms with Crippen LogP contribution in [0.3, 0.4) is 0 Å². The maximum atomic E-state index is 12.7. The molecule has 2 unspecified atom stereocenters. The van der Waals surface area contributed by atoms with Crippen molar-refractivity contribution >= 4 is 29.6 Å². The van der Waals surface area contributed by atoms with Gasteiger partial charge in [-0.3, -0.25) is 4.79 Å². The number of benzene rings is 2. The van der Waals surface area contributed by atoms with E-state index in [0.717, 1.165) is 73.3 Å². The number of carbonyl (C=O) groups excluding carboxylic acids is 2. The zero-order valence-electron chi connectivity index (χ0n) is 30.6. The van der Waals surface area contributed by atoms with Crippen LogP contribution in [-0.2, 0) is 22.5 Å². The molecule has 3 aromatic rings. The predicted octanol–water partition coefficient (Wildman–Crippen LogP) is 5.68. The highest BCUT2D eigenvalue weighted by atomic mass is 16.6. The van der Waals surface area contributed by atoms with Crippen molar-refractivity contribution < 1.29 is 38.4 Å². The molecule has 1 aliphatic heterocycles. The number of carboxylic acid groups (broad SMARTS) is 1. The predicted molar refractivity (Wildman–Crippen MR) is 196 cm³/mol. The van der Waals surface area contributed by atoms with E-state index in [-0.39, 0.29) is 30.6 Å². The lowest BCUT2D eigenvalue weighted by Crippen LogP contribution is -2.35. The molecule has 4 N–H and O–H groups in total. The van der Waals surface area contributed by atoms with Crippen molar-refractivity contribution in [2.24, 2.45) is 0 Å². The van der Waals surface area contributed by atoms with E-state index in [1.165, 1.54) is 11.1 Å². The number of likely N-dealkylation sites (N-methyl/N-ethyl adjacent to an activating group) is 1. The molecular formula is C38H53N5O8. The molecule has 2 aliphatic rings. The van der Waals surface area contributed by atoms with E-state index in [4.69, 9.17) is 28.8 Å². The first-order valence-corrected chi connectivity index (χ1v) is 17.6. The molecule has 13 nitrogen and oxygen atoms in total. The van der Waals surface area contributed by atoms with E-state index in [1.807, 2.05) is 57.6 Å². The SMILES string of the molecule is CCN(C)Cc1ccc(OC)c2c1[C@@H]1C=C[C@H](OC(=O)NCCCCC(C)NC(=O)Oc3cccc4[nH]cc(CCN(C)C)c34)CC1O2.O=CO. The van der Waals surface area contributed by atoms with Crippen LogP contribution in [0, 0.1) is 0 Å². The van der Waals surface area contributed by atoms with Crippen LogP contribution in [0.25, 0.3) is 10.9 Å². The average molecular weight is 708 g/mol. The van der Waals surface area contributed by atoms with Crippen molar-refractivity contribution in [1.29, 1.82) is 0 Å². The Morgan fingerprint density at radius 3 is 2.61 bits per heavy atom. The fourth-order valence-electron chi connectivity index (χ4n) is 6.47. The Morgan fingerprint density at radius 2 is 1.88 bits per heavy atom. The van der Waals surface area contributed by atoms with E-state index in [2.05, 4.69) is 51.5 Å². The second-order valence-electron chi connectivity index (χ2n) is 13.3. The van der Waals surface area contributed by atoms with E-state index in [0.29, 0.717) is 18.7 Å². The van der Waals surface area contributed by atoms with Crippen LogP contribution in [0.5, 0.6) is 17.2 Å². The van der Waals surface area contributed by atoms with Crippen LogP contribution in [0.4, 0.5) is 9.59 Å². The number of hydrogen-bond donors (Lipinski definition) is 4. The summed E-state index contributed by atoms with van der Waals surface area (Å²) in [4.78, 5) is 41.4. The fraction of sp³-hybridized carbons (Fsp3) is 0.500. The van der Waals surface area contributed by atoms with Gasteiger partial charge in [-0.25, -0.2) is 9.59 Å². The third-order valence-electron chi connectivity index (χ3n) is 9.19. The van der Waals surface area contributed by atoms with Crippen molar-refractivity contribution in [2.45, 2.75) is 76.7 Å². The number of aromatic nitrogens is 1. The number of ether oxygens (including phenoxy) is 4. The number of H-pyrrole nitrogens is 1. The molecule has 2 heterocycles. The van der Waals surface area contributed by atoms with E-state index >= 15 is 0 Å². The van der Waals surface area contributed by atoms with Crippen molar-refractivity contribution in [2.75, 3.05) is 47.9 Å². The molecule has 13 heteroatoms. The summed E-state index contributed by atoms with van der Waals surface area (Å²) < 4.78 is 23.5. The minimum Gasteiger partial charge on any atom is -0.493 e. The minimum absolute atomic E-state index is 0.0829. The van der Waals surface area contributed by atoms with Gasteiger partial charge in [-0.1, -0.05) is 25.1 Å². The van der Waals surface area contributed by atoms with Gasteiger partial charge < -0.3 is 49.5 Å². The third-order valence-corrected chi connectivity index (χ3v) is 9.19. The molecule has 4 atom stereocenters. The quantitative estimate of drug-likeness (QED) is 0.0882. The van der Waals surface area contributed by atoms with Gasteiger partial charge >= 0.3 is 12.2 Å². The number of nitrogens with zero attached hydrogens (tertiary/aromatic N) is 2. The van der Waals surface area contributed by atoms with Gasteiger partial charge in [0, 0.05) is 60.7 Å². The smallest absolute Gasteiger partial charge is 0.412 e. The highest BCUT2D eigenvalue weighted by Gasteiger charge is 2.41. The number of unbranched alkanes of at least 4 members (excludes halogenated alkanes) is 1. The Hall–Kier alpha value is -4.75. The van der Waals surface area contributed by atoms with Crippen LogP contribution in [0.1, 0.15) is 62.1 Å². The van der Waals surface area contributed by atoms with Gasteiger partial charge in [-0.05, 0) is 95.7 Å². The standard InChI is InChI=1S/C37H51N5O6.CH2O2/c1-7-42(5)23-26-14-17-31(45-6)35-33(26)28-16-15-27(21-32(28)47-35)46-36(43)38-19-9-8-11-24(2)40-37(44)48-30-13-10-12-29-34(30)25(22-39-29)18-20-41(3)4;2-1-3/h10,12-17,22,24,27-28,32,39H,7-9,11,18-21,23H2,1-6H3,(H,38,43)(H,40,44);1H,(H,2,3)/t24?,27-,28+,32?;/m0./s1. The van der Waals surface area contributed by atoms with E-state index in [9.17, 15) is 9.59 Å². The first-order valence-electron chi connectivity index (χ1n) is 17.6. The lowest BCUT2D eigenvalue weighted by atomic mass is 9.85. The van der Waals surface area contributed by atoms with Gasteiger partial charge in [0.1, 0.15) is 18.0 Å². The largest absolute Gasteiger partial charge is 0.493 e. The van der Waals surface area contributed by atoms with Gasteiger partial charge in [0.15, 0.2) is 11.5 Å². The summed E-state index contributed by atoms with van der Waals surface area (Å²) in [5, 5.41) is 13.6. The summed E-state index contributed by atoms with van der Waals surface area (Å²) in [6.45, 7) is 7.00. The summed E-state index contributed by atoms with van der Waals surface area (Å²) >= 11 is 0. The fourth-order valence-corrected chi connectivity index (χ4v) is 6.47. The van der Waals surface area contributed by atoms with Crippen molar-refractivity contribution in [3.8, 4) is 17.2 Å². The second kappa shape index (κ2) is 19.0. The third kappa shape index (κ3) is 10.6. The summed E-state index contributed by atoms with van der Waals surface area (Å²) in [7, 11) is 7.84. The summed E-state index contributed by atoms with van der Waals surface area (Å²) in [5.74, 6) is 2.17. The Morgan fingerprint density at radius 1 is 1.10 bits per heavy atom. The van der Waals surface area contributed by atoms with E-state index < -0.39 is 12.2 Å². The van der Waals surface area contributed by atoms with Crippen LogP contribution >= 0.6 is 0 Å². The molecular weight excluding hydrogens is 654 g/mol. The molecule has 0 saturated carbocycles. The summed E-state index contributed by atoms with van der Waals surface area (Å²) in [5.41, 5.74) is 4.45. The highest BCUT2D eigenvalue weighted by Crippen LogP contribution is 2.49. The molecule has 2 aromatic carbocycles. The Bertz CT molecular complexity index is 1640. The van der Waals surface area contributed by atoms with Crippen molar-refractivity contribution in [3.63, 3.8) is 0 Å². The Labute approximate surface area is 300 Å². The number of amides is 2. The number of hydrogen-bond acceptors (Lipinski definition) is 9. The molecule has 5 rings (SSSR count). The molecule has 0 spiro atoms. The summed E-state index contributed by atoms with van der Waals surface area (Å²) in [6.07, 6.45) is 8.40. The second-order valence-corrected chi connectivity index (χ2v) is 13.3. The highest BCUT2D eigenvalue weighted by molar-refractivity contribution is 5.91. The molecule has 0 radical (unpaired) electrons. The number of alkyl carbamates (subject to hydrolysis) is 1. The molecule has 0 saturated heterocycles. The molecule has 0 bridgehead atoms. The Kier molecular flexibility index (Phi) is 14.6. The lowest BCUT2D eigenvalue weighted by molar-refractivity contribution is -0.122. The zero-order chi connectivity index (χ0) is 36.9. The van der Waals surface area contributed by atoms with Gasteiger partial charge in [0.2, 0.25) is 0 Å². The van der Waals surface area contributed by atoms with Gasteiger partial charge in [0.05, 0.1) is 7.11 Å². The first-order chi connectivity index (χ1) is 24.6. The molecule has 2 amide bonds. The number of aromatic amines is 1. The van der Waals surface area contributed by atoms with Crippen molar-refractivity contribution in [1.82, 2.24) is 25.4 Å². The van der Waals surface area contributed by atoms with Crippen LogP contribution in [-0.4, -0.2) is 105 Å². The number of fused-ring (bicyclic) bond motifs is 4. The number of methoxy groups -OCH3 is 1. The number of nitrogens with one attached hydrogen (secondary N) is 3. The van der Waals surface area contributed by atoms with Gasteiger partial charge in [-0.2, -0.15) is 0 Å². The maximum Gasteiger partial charge on any atom is 0.412 e. The van der Waals surface area contributed by atoms with Gasteiger partial charge in [0.25, 0.3) is 6.47 Å². The molecule has 51 heavy (non-hydrogen) atoms.